The second-order valence-electron chi connectivity index (χ2n) is 8.72. The minimum atomic E-state index is -0.680. The Bertz CT molecular complexity index is 594. The third kappa shape index (κ3) is 3.13. The predicted octanol–water partition coefficient (Wildman–Crippen LogP) is 6.31. The van der Waals surface area contributed by atoms with Gasteiger partial charge in [0.2, 0.25) is 0 Å². The topological polar surface area (TPSA) is 0 Å². The molecule has 0 aliphatic heterocycles. The van der Waals surface area contributed by atoms with Crippen LogP contribution in [0.3, 0.4) is 0 Å². The molecule has 3 aliphatic carbocycles. The summed E-state index contributed by atoms with van der Waals surface area (Å²) in [6.07, 6.45) is 12.9. The lowest BCUT2D eigenvalue weighted by molar-refractivity contribution is 0.0708. The Morgan fingerprint density at radius 3 is 2.17 bits per heavy atom. The van der Waals surface area contributed by atoms with Crippen molar-refractivity contribution >= 4 is 0 Å². The van der Waals surface area contributed by atoms with Gasteiger partial charge in [0.1, 0.15) is 0 Å². The van der Waals surface area contributed by atoms with Gasteiger partial charge in [0.15, 0.2) is 11.6 Å². The molecule has 0 bridgehead atoms. The molecule has 2 saturated carbocycles. The van der Waals surface area contributed by atoms with Crippen LogP contribution in [-0.2, 0) is 12.8 Å². The van der Waals surface area contributed by atoms with Crippen LogP contribution >= 0.6 is 0 Å². The second-order valence-corrected chi connectivity index (χ2v) is 8.72. The average molecular weight is 332 g/mol. The van der Waals surface area contributed by atoms with E-state index in [1.54, 1.807) is 0 Å². The van der Waals surface area contributed by atoms with E-state index in [0.717, 1.165) is 54.1 Å². The Labute approximate surface area is 145 Å². The van der Waals surface area contributed by atoms with Crippen molar-refractivity contribution in [1.29, 1.82) is 0 Å². The quantitative estimate of drug-likeness (QED) is 0.595. The lowest BCUT2D eigenvalue weighted by Crippen LogP contribution is -2.35. The van der Waals surface area contributed by atoms with Gasteiger partial charge in [0, 0.05) is 0 Å². The molecule has 1 aromatic rings. The normalized spacial score (nSPS) is 36.0. The molecule has 0 radical (unpaired) electrons. The molecular weight excluding hydrogens is 302 g/mol. The first-order valence-corrected chi connectivity index (χ1v) is 10.1. The Balaban J connectivity index is 1.42. The summed E-state index contributed by atoms with van der Waals surface area (Å²) in [5, 5.41) is 0. The van der Waals surface area contributed by atoms with Crippen LogP contribution in [0.1, 0.15) is 69.4 Å². The fourth-order valence-electron chi connectivity index (χ4n) is 6.00. The van der Waals surface area contributed by atoms with Gasteiger partial charge in [0.05, 0.1) is 0 Å². The summed E-state index contributed by atoms with van der Waals surface area (Å²) >= 11 is 0. The fraction of sp³-hybridized carbons (Fsp3) is 0.727. The van der Waals surface area contributed by atoms with Gasteiger partial charge in [-0.25, -0.2) is 8.78 Å². The molecule has 0 spiro atoms. The Morgan fingerprint density at radius 2 is 1.42 bits per heavy atom. The number of aryl methyl sites for hydroxylation is 1. The van der Waals surface area contributed by atoms with Crippen LogP contribution in [0.15, 0.2) is 12.1 Å². The number of halogens is 2. The van der Waals surface area contributed by atoms with Crippen LogP contribution in [0, 0.1) is 41.2 Å². The summed E-state index contributed by atoms with van der Waals surface area (Å²) in [7, 11) is 0. The third-order valence-electron chi connectivity index (χ3n) is 7.52. The van der Waals surface area contributed by atoms with Crippen molar-refractivity contribution in [3.63, 3.8) is 0 Å². The molecule has 5 atom stereocenters. The lowest BCUT2D eigenvalue weighted by Gasteiger charge is -2.45. The van der Waals surface area contributed by atoms with Crippen molar-refractivity contribution in [2.75, 3.05) is 0 Å². The largest absolute Gasteiger partial charge is 0.204 e. The molecule has 1 aromatic carbocycles. The van der Waals surface area contributed by atoms with Crippen LogP contribution < -0.4 is 0 Å². The molecule has 0 saturated heterocycles. The highest BCUT2D eigenvalue weighted by Gasteiger charge is 2.38. The van der Waals surface area contributed by atoms with Gasteiger partial charge >= 0.3 is 0 Å². The zero-order valence-electron chi connectivity index (χ0n) is 14.9. The van der Waals surface area contributed by atoms with E-state index in [4.69, 9.17) is 0 Å². The first-order valence-electron chi connectivity index (χ1n) is 10.1. The standard InChI is InChI=1S/C22H30F2/c1-2-14-3-4-16-10-17(6-5-15(16)9-14)18-7-8-19-12-21(23)22(24)13-20(19)11-18/h12-18H,2-11H2,1H3. The van der Waals surface area contributed by atoms with Crippen molar-refractivity contribution in [2.24, 2.45) is 29.6 Å². The Hall–Kier alpha value is -0.920. The molecule has 4 rings (SSSR count). The number of fused-ring (bicyclic) bond motifs is 2. The summed E-state index contributed by atoms with van der Waals surface area (Å²) in [5.74, 6) is 3.04. The highest BCUT2D eigenvalue weighted by atomic mass is 19.2. The maximum Gasteiger partial charge on any atom is 0.159 e. The summed E-state index contributed by atoms with van der Waals surface area (Å²) < 4.78 is 27.0. The van der Waals surface area contributed by atoms with Gasteiger partial charge in [-0.05, 0) is 104 Å². The number of hydrogen-bond donors (Lipinski definition) is 0. The molecule has 0 aromatic heterocycles. The first kappa shape index (κ1) is 16.5. The summed E-state index contributed by atoms with van der Waals surface area (Å²) in [4.78, 5) is 0. The minimum absolute atomic E-state index is 0.670. The number of benzene rings is 1. The zero-order chi connectivity index (χ0) is 16.7. The van der Waals surface area contributed by atoms with E-state index >= 15 is 0 Å². The van der Waals surface area contributed by atoms with Crippen LogP contribution in [0.2, 0.25) is 0 Å². The molecule has 132 valence electrons. The molecule has 5 unspecified atom stereocenters. The molecule has 3 aliphatic rings. The molecule has 2 fully saturated rings. The molecular formula is C22H30F2. The van der Waals surface area contributed by atoms with Crippen molar-refractivity contribution in [3.8, 4) is 0 Å². The van der Waals surface area contributed by atoms with Gasteiger partial charge in [-0.2, -0.15) is 0 Å². The molecule has 0 nitrogen and oxygen atoms in total. The summed E-state index contributed by atoms with van der Waals surface area (Å²) in [5.41, 5.74) is 2.12. The predicted molar refractivity (Wildman–Crippen MR) is 93.8 cm³/mol. The second kappa shape index (κ2) is 6.77. The molecule has 0 amide bonds. The van der Waals surface area contributed by atoms with Crippen molar-refractivity contribution in [2.45, 2.75) is 71.1 Å². The van der Waals surface area contributed by atoms with Crippen molar-refractivity contribution < 1.29 is 8.78 Å². The summed E-state index contributed by atoms with van der Waals surface area (Å²) in [6, 6.07) is 2.90. The molecule has 2 heteroatoms. The fourth-order valence-corrected chi connectivity index (χ4v) is 6.00. The maximum atomic E-state index is 13.6. The SMILES string of the molecule is CCC1CCC2CC(C3CCc4cc(F)c(F)cc4C3)CCC2C1. The van der Waals surface area contributed by atoms with E-state index in [-0.39, 0.29) is 0 Å². The Morgan fingerprint density at radius 1 is 0.792 bits per heavy atom. The van der Waals surface area contributed by atoms with Gasteiger partial charge in [-0.3, -0.25) is 0 Å². The maximum absolute atomic E-state index is 13.6. The van der Waals surface area contributed by atoms with Crippen molar-refractivity contribution in [1.82, 2.24) is 0 Å². The van der Waals surface area contributed by atoms with E-state index in [1.807, 2.05) is 0 Å². The van der Waals surface area contributed by atoms with Crippen LogP contribution in [0.25, 0.3) is 0 Å². The third-order valence-corrected chi connectivity index (χ3v) is 7.52. The van der Waals surface area contributed by atoms with Crippen LogP contribution in [0.4, 0.5) is 8.78 Å². The smallest absolute Gasteiger partial charge is 0.159 e. The van der Waals surface area contributed by atoms with E-state index < -0.39 is 11.6 Å². The van der Waals surface area contributed by atoms with Gasteiger partial charge in [-0.15, -0.1) is 0 Å². The first-order chi connectivity index (χ1) is 11.6. The van der Waals surface area contributed by atoms with Crippen LogP contribution in [0.5, 0.6) is 0 Å². The highest BCUT2D eigenvalue weighted by Crippen LogP contribution is 2.48. The number of hydrogen-bond acceptors (Lipinski definition) is 0. The molecule has 0 heterocycles. The minimum Gasteiger partial charge on any atom is -0.204 e. The van der Waals surface area contributed by atoms with Crippen molar-refractivity contribution in [3.05, 3.63) is 34.9 Å². The van der Waals surface area contributed by atoms with Crippen LogP contribution in [-0.4, -0.2) is 0 Å². The highest BCUT2D eigenvalue weighted by molar-refractivity contribution is 5.31. The van der Waals surface area contributed by atoms with Gasteiger partial charge in [-0.1, -0.05) is 19.8 Å². The monoisotopic (exact) mass is 332 g/mol. The molecule has 24 heavy (non-hydrogen) atoms. The zero-order valence-corrected chi connectivity index (χ0v) is 14.9. The number of rotatable bonds is 2. The van der Waals surface area contributed by atoms with E-state index in [0.29, 0.717) is 5.92 Å². The Kier molecular flexibility index (Phi) is 4.66. The molecule has 0 N–H and O–H groups in total. The summed E-state index contributed by atoms with van der Waals surface area (Å²) in [6.45, 7) is 2.35. The van der Waals surface area contributed by atoms with E-state index in [1.165, 1.54) is 57.1 Å². The van der Waals surface area contributed by atoms with E-state index in [9.17, 15) is 8.78 Å². The van der Waals surface area contributed by atoms with Gasteiger partial charge in [0.25, 0.3) is 0 Å². The lowest BCUT2D eigenvalue weighted by atomic mass is 9.61. The average Bonchev–Trinajstić information content (AvgIpc) is 2.61. The van der Waals surface area contributed by atoms with Gasteiger partial charge < -0.3 is 0 Å². The van der Waals surface area contributed by atoms with E-state index in [2.05, 4.69) is 6.92 Å².